The highest BCUT2D eigenvalue weighted by molar-refractivity contribution is 7.82. The van der Waals surface area contributed by atoms with Gasteiger partial charge in [0.25, 0.3) is 0 Å². The van der Waals surface area contributed by atoms with Gasteiger partial charge in [-0.3, -0.25) is 0 Å². The van der Waals surface area contributed by atoms with Gasteiger partial charge in [0.15, 0.2) is 0 Å². The molecule has 0 N–H and O–H groups in total. The van der Waals surface area contributed by atoms with Gasteiger partial charge < -0.3 is 0 Å². The first kappa shape index (κ1) is 15.6. The average Bonchev–Trinajstić information content (AvgIpc) is 2.35. The van der Waals surface area contributed by atoms with Gasteiger partial charge in [-0.2, -0.15) is 0 Å². The molecule has 0 aliphatic heterocycles. The maximum atomic E-state index is 6.09. The van der Waals surface area contributed by atoms with Crippen molar-refractivity contribution in [2.24, 2.45) is 0 Å². The summed E-state index contributed by atoms with van der Waals surface area (Å²) in [7, 11) is 0. The number of hydrogen-bond donors (Lipinski definition) is 4. The molecule has 2 aromatic carbocycles. The molecule has 0 aliphatic carbocycles. The molecule has 0 fully saturated rings. The Hall–Kier alpha value is 1.26. The second-order valence-electron chi connectivity index (χ2n) is 3.40. The quantitative estimate of drug-likeness (QED) is 0.355. The molecular formula is C10H4Cl4S4. The van der Waals surface area contributed by atoms with Crippen LogP contribution in [0.25, 0.3) is 10.8 Å². The lowest BCUT2D eigenvalue weighted by atomic mass is 10.1. The van der Waals surface area contributed by atoms with Gasteiger partial charge in [0, 0.05) is 30.4 Å². The summed E-state index contributed by atoms with van der Waals surface area (Å²) < 4.78 is 0. The maximum absolute atomic E-state index is 6.09. The first-order chi connectivity index (χ1) is 8.29. The maximum Gasteiger partial charge on any atom is 0.0743 e. The molecule has 0 radical (unpaired) electrons. The minimum atomic E-state index is 0.291. The van der Waals surface area contributed by atoms with Crippen LogP contribution in [0.3, 0.4) is 0 Å². The third-order valence-corrected chi connectivity index (χ3v) is 6.44. The van der Waals surface area contributed by atoms with Crippen LogP contribution < -0.4 is 0 Å². The molecule has 96 valence electrons. The number of fused-ring (bicyclic) bond motifs is 1. The summed E-state index contributed by atoms with van der Waals surface area (Å²) >= 11 is 41.7. The molecule has 0 spiro atoms. The topological polar surface area (TPSA) is 0 Å². The van der Waals surface area contributed by atoms with Crippen molar-refractivity contribution in [2.45, 2.75) is 19.6 Å². The van der Waals surface area contributed by atoms with Crippen LogP contribution in [0, 0.1) is 0 Å². The molecular weight excluding hydrogens is 390 g/mol. The fourth-order valence-corrected chi connectivity index (χ4v) is 4.09. The summed E-state index contributed by atoms with van der Waals surface area (Å²) in [6, 6.07) is 0. The van der Waals surface area contributed by atoms with Crippen molar-refractivity contribution in [1.82, 2.24) is 0 Å². The Labute approximate surface area is 146 Å². The van der Waals surface area contributed by atoms with E-state index in [1.807, 2.05) is 0 Å². The van der Waals surface area contributed by atoms with E-state index in [0.717, 1.165) is 0 Å². The molecule has 0 unspecified atom stereocenters. The van der Waals surface area contributed by atoms with Gasteiger partial charge in [0.1, 0.15) is 0 Å². The van der Waals surface area contributed by atoms with E-state index in [4.69, 9.17) is 46.4 Å². The van der Waals surface area contributed by atoms with Crippen LogP contribution in [0.15, 0.2) is 19.6 Å². The molecule has 0 saturated carbocycles. The van der Waals surface area contributed by atoms with Crippen LogP contribution in [0.2, 0.25) is 20.1 Å². The highest BCUT2D eigenvalue weighted by Gasteiger charge is 2.21. The normalized spacial score (nSPS) is 11.3. The van der Waals surface area contributed by atoms with E-state index in [-0.39, 0.29) is 0 Å². The molecule has 0 amide bonds. The van der Waals surface area contributed by atoms with E-state index in [9.17, 15) is 0 Å². The van der Waals surface area contributed by atoms with Gasteiger partial charge in [-0.1, -0.05) is 46.4 Å². The van der Waals surface area contributed by atoms with Crippen LogP contribution in [-0.4, -0.2) is 0 Å². The molecule has 0 nitrogen and oxygen atoms in total. The number of rotatable bonds is 0. The highest BCUT2D eigenvalue weighted by Crippen LogP contribution is 2.49. The van der Waals surface area contributed by atoms with Crippen LogP contribution in [0.5, 0.6) is 0 Å². The third kappa shape index (κ3) is 2.23. The Morgan fingerprint density at radius 3 is 0.778 bits per heavy atom. The second-order valence-corrected chi connectivity index (χ2v) is 6.70. The number of thiol groups is 4. The van der Waals surface area contributed by atoms with Crippen molar-refractivity contribution in [3.8, 4) is 0 Å². The Morgan fingerprint density at radius 2 is 0.611 bits per heavy atom. The molecule has 0 saturated heterocycles. The van der Waals surface area contributed by atoms with Gasteiger partial charge in [0.2, 0.25) is 0 Å². The number of halogens is 4. The lowest BCUT2D eigenvalue weighted by molar-refractivity contribution is 1.34. The zero-order chi connectivity index (χ0) is 13.8. The molecule has 8 heteroatoms. The minimum absolute atomic E-state index is 0.291. The minimum Gasteiger partial charge on any atom is -0.141 e. The van der Waals surface area contributed by atoms with E-state index >= 15 is 0 Å². The first-order valence-corrected chi connectivity index (χ1v) is 7.70. The summed E-state index contributed by atoms with van der Waals surface area (Å²) in [5.74, 6) is 0. The van der Waals surface area contributed by atoms with Crippen molar-refractivity contribution >= 4 is 108 Å². The van der Waals surface area contributed by atoms with Crippen molar-refractivity contribution in [3.05, 3.63) is 20.1 Å². The molecule has 0 atom stereocenters. The van der Waals surface area contributed by atoms with E-state index in [1.54, 1.807) is 0 Å². The van der Waals surface area contributed by atoms with Crippen molar-refractivity contribution < 1.29 is 0 Å². The van der Waals surface area contributed by atoms with Gasteiger partial charge >= 0.3 is 0 Å². The first-order valence-electron chi connectivity index (χ1n) is 4.40. The Balaban J connectivity index is 3.22. The van der Waals surface area contributed by atoms with Crippen LogP contribution in [0.1, 0.15) is 0 Å². The molecule has 0 aromatic heterocycles. The standard InChI is InChI=1S/C10H4Cl4S4/c11-3-5(13)9(17)2-1(7(3)15)8(16)4(12)6(14)10(2)18/h15-18H. The largest absolute Gasteiger partial charge is 0.141 e. The number of benzene rings is 2. The zero-order valence-corrected chi connectivity index (χ0v) is 14.9. The Morgan fingerprint density at radius 1 is 0.444 bits per heavy atom. The summed E-state index contributed by atoms with van der Waals surface area (Å²) in [5.41, 5.74) is 0. The highest BCUT2D eigenvalue weighted by atomic mass is 35.5. The monoisotopic (exact) mass is 392 g/mol. The fourth-order valence-electron chi connectivity index (χ4n) is 1.55. The van der Waals surface area contributed by atoms with Crippen molar-refractivity contribution in [1.29, 1.82) is 0 Å². The molecule has 2 rings (SSSR count). The second kappa shape index (κ2) is 5.57. The summed E-state index contributed by atoms with van der Waals surface area (Å²) in [6.45, 7) is 0. The Kier molecular flexibility index (Phi) is 4.84. The third-order valence-electron chi connectivity index (χ3n) is 2.41. The fraction of sp³-hybridized carbons (Fsp3) is 0. The predicted octanol–water partition coefficient (Wildman–Crippen LogP) is 6.61. The SMILES string of the molecule is Sc1c(Cl)c(Cl)c(S)c2c(S)c(Cl)c(Cl)c(S)c12. The summed E-state index contributed by atoms with van der Waals surface area (Å²) in [5, 5.41) is 2.41. The van der Waals surface area contributed by atoms with Crippen LogP contribution in [-0.2, 0) is 0 Å². The van der Waals surface area contributed by atoms with Crippen LogP contribution >= 0.6 is 96.9 Å². The van der Waals surface area contributed by atoms with E-state index in [2.05, 4.69) is 50.5 Å². The summed E-state index contributed by atoms with van der Waals surface area (Å²) in [6.07, 6.45) is 0. The lowest BCUT2D eigenvalue weighted by Crippen LogP contribution is -1.89. The average molecular weight is 394 g/mol. The molecule has 2 aromatic rings. The smallest absolute Gasteiger partial charge is 0.0743 e. The number of hydrogen-bond acceptors (Lipinski definition) is 4. The van der Waals surface area contributed by atoms with Gasteiger partial charge in [-0.25, -0.2) is 0 Å². The lowest BCUT2D eigenvalue weighted by Gasteiger charge is -2.16. The van der Waals surface area contributed by atoms with E-state index in [1.165, 1.54) is 0 Å². The Bertz CT molecular complexity index is 571. The molecule has 0 heterocycles. The summed E-state index contributed by atoms with van der Waals surface area (Å²) in [4.78, 5) is 1.86. The van der Waals surface area contributed by atoms with Gasteiger partial charge in [-0.05, 0) is 0 Å². The van der Waals surface area contributed by atoms with Crippen molar-refractivity contribution in [2.75, 3.05) is 0 Å². The van der Waals surface area contributed by atoms with E-state index < -0.39 is 0 Å². The molecule has 0 bridgehead atoms. The van der Waals surface area contributed by atoms with Gasteiger partial charge in [-0.15, -0.1) is 50.5 Å². The van der Waals surface area contributed by atoms with E-state index in [0.29, 0.717) is 50.4 Å². The van der Waals surface area contributed by atoms with Crippen LogP contribution in [0.4, 0.5) is 0 Å². The van der Waals surface area contributed by atoms with Crippen molar-refractivity contribution in [3.63, 3.8) is 0 Å². The molecule has 18 heavy (non-hydrogen) atoms. The zero-order valence-electron chi connectivity index (χ0n) is 8.30. The molecule has 0 aliphatic rings. The van der Waals surface area contributed by atoms with Gasteiger partial charge in [0.05, 0.1) is 20.1 Å². The predicted molar refractivity (Wildman–Crippen MR) is 93.0 cm³/mol.